The average Bonchev–Trinajstić information content (AvgIpc) is 3.17. The number of nitrogen functional groups attached to an aromatic ring is 1. The zero-order valence-electron chi connectivity index (χ0n) is 19.6. The fourth-order valence-corrected chi connectivity index (χ4v) is 4.18. The smallest absolute Gasteiger partial charge is 0.148 e. The van der Waals surface area contributed by atoms with Gasteiger partial charge in [0.1, 0.15) is 47.3 Å². The molecular weight excluding hydrogens is 461 g/mol. The highest BCUT2D eigenvalue weighted by atomic mass is 19.1. The van der Waals surface area contributed by atoms with Gasteiger partial charge in [-0.1, -0.05) is 0 Å². The summed E-state index contributed by atoms with van der Waals surface area (Å²) < 4.78 is 27.5. The Morgan fingerprint density at radius 3 is 2.47 bits per heavy atom. The van der Waals surface area contributed by atoms with Crippen LogP contribution in [0.25, 0.3) is 5.69 Å². The van der Waals surface area contributed by atoms with Crippen molar-refractivity contribution in [2.24, 2.45) is 0 Å². The number of aliphatic hydroxyl groups excluding tert-OH is 1. The van der Waals surface area contributed by atoms with Crippen LogP contribution in [0, 0.1) is 24.1 Å². The van der Waals surface area contributed by atoms with Crippen LogP contribution < -0.4 is 15.2 Å². The minimum absolute atomic E-state index is 0.152. The Balaban J connectivity index is 1.30. The van der Waals surface area contributed by atoms with E-state index in [2.05, 4.69) is 16.0 Å². The number of nitrogens with two attached hydrogens (primary N) is 1. The van der Waals surface area contributed by atoms with Gasteiger partial charge >= 0.3 is 0 Å². The third-order valence-corrected chi connectivity index (χ3v) is 6.17. The van der Waals surface area contributed by atoms with Gasteiger partial charge in [-0.25, -0.2) is 14.4 Å². The second-order valence-electron chi connectivity index (χ2n) is 8.80. The Morgan fingerprint density at radius 1 is 1.11 bits per heavy atom. The number of aromatic nitrogens is 3. The number of halogens is 1. The lowest BCUT2D eigenvalue weighted by Crippen LogP contribution is -2.26. The molecule has 2 heterocycles. The molecule has 1 fully saturated rings. The first kappa shape index (κ1) is 23.3. The fraction of sp³-hybridized carbons (Fsp3) is 0.222. The van der Waals surface area contributed by atoms with E-state index in [9.17, 15) is 14.8 Å². The van der Waals surface area contributed by atoms with Crippen LogP contribution in [0.15, 0.2) is 61.1 Å². The Morgan fingerprint density at radius 2 is 1.81 bits per heavy atom. The number of hydrogen-bond donors (Lipinski definition) is 2. The average molecular weight is 486 g/mol. The Kier molecular flexibility index (Phi) is 6.27. The fourth-order valence-electron chi connectivity index (χ4n) is 4.18. The number of aliphatic hydroxyl groups is 1. The largest absolute Gasteiger partial charge is 0.489 e. The van der Waals surface area contributed by atoms with Crippen LogP contribution in [0.4, 0.5) is 10.1 Å². The van der Waals surface area contributed by atoms with Crippen molar-refractivity contribution in [2.45, 2.75) is 38.4 Å². The van der Waals surface area contributed by atoms with Crippen molar-refractivity contribution in [3.63, 3.8) is 0 Å². The molecule has 8 nitrogen and oxygen atoms in total. The Hall–Kier alpha value is -4.42. The molecule has 0 saturated heterocycles. The van der Waals surface area contributed by atoms with E-state index in [1.165, 1.54) is 12.1 Å². The second kappa shape index (κ2) is 9.68. The number of nitrogens with zero attached hydrogens (tertiary/aromatic N) is 4. The van der Waals surface area contributed by atoms with Gasteiger partial charge in [0.05, 0.1) is 11.8 Å². The molecule has 0 amide bonds. The van der Waals surface area contributed by atoms with E-state index in [0.717, 1.165) is 16.8 Å². The molecule has 0 radical (unpaired) electrons. The molecule has 0 unspecified atom stereocenters. The Labute approximate surface area is 207 Å². The predicted molar refractivity (Wildman–Crippen MR) is 130 cm³/mol. The maximum Gasteiger partial charge on any atom is 0.148 e. The van der Waals surface area contributed by atoms with E-state index < -0.39 is 5.82 Å². The third kappa shape index (κ3) is 4.85. The van der Waals surface area contributed by atoms with Gasteiger partial charge in [-0.2, -0.15) is 5.26 Å². The molecule has 1 saturated carbocycles. The first-order chi connectivity index (χ1) is 17.4. The maximum atomic E-state index is 14.2. The number of hydrogen-bond acceptors (Lipinski definition) is 7. The standard InChI is InChI=1S/C27H24FN5O3/c1-16-31-12-17(13-32-16)15-35-23-8-19(28)9-24(10-23)36-22-4-2-20(3-5-22)33-14-25(18-6-21(34)7-18)27(30)26(33)11-29/h2-5,8-10,12-14,18,21,34H,6-7,15,30H2,1H3. The molecule has 0 atom stereocenters. The van der Waals surface area contributed by atoms with E-state index >= 15 is 0 Å². The van der Waals surface area contributed by atoms with Crippen LogP contribution >= 0.6 is 0 Å². The topological polar surface area (TPSA) is 119 Å². The third-order valence-electron chi connectivity index (χ3n) is 6.17. The highest BCUT2D eigenvalue weighted by molar-refractivity contribution is 5.62. The monoisotopic (exact) mass is 485 g/mol. The molecular formula is C27H24FN5O3. The van der Waals surface area contributed by atoms with Gasteiger partial charge in [0.15, 0.2) is 0 Å². The number of aryl methyl sites for hydroxylation is 1. The second-order valence-corrected chi connectivity index (χ2v) is 8.80. The van der Waals surface area contributed by atoms with Crippen LogP contribution in [0.5, 0.6) is 17.2 Å². The number of anilines is 1. The first-order valence-electron chi connectivity index (χ1n) is 11.5. The maximum absolute atomic E-state index is 14.2. The van der Waals surface area contributed by atoms with Gasteiger partial charge in [0.2, 0.25) is 0 Å². The van der Waals surface area contributed by atoms with Crippen molar-refractivity contribution in [1.29, 1.82) is 5.26 Å². The van der Waals surface area contributed by atoms with Crippen LogP contribution in [-0.2, 0) is 6.61 Å². The summed E-state index contributed by atoms with van der Waals surface area (Å²) in [5, 5.41) is 19.3. The molecule has 2 aromatic heterocycles. The summed E-state index contributed by atoms with van der Waals surface area (Å²) >= 11 is 0. The summed E-state index contributed by atoms with van der Waals surface area (Å²) in [5.74, 6) is 1.41. The number of nitriles is 1. The van der Waals surface area contributed by atoms with Gasteiger partial charge in [0, 0.05) is 48.0 Å². The quantitative estimate of drug-likeness (QED) is 0.387. The molecule has 2 aromatic carbocycles. The molecule has 5 rings (SSSR count). The van der Waals surface area contributed by atoms with E-state index in [-0.39, 0.29) is 24.4 Å². The summed E-state index contributed by atoms with van der Waals surface area (Å²) in [4.78, 5) is 8.24. The van der Waals surface area contributed by atoms with Crippen molar-refractivity contribution >= 4 is 5.69 Å². The Bertz CT molecular complexity index is 1420. The van der Waals surface area contributed by atoms with Crippen molar-refractivity contribution in [3.05, 3.63) is 89.5 Å². The van der Waals surface area contributed by atoms with Crippen LogP contribution in [0.2, 0.25) is 0 Å². The molecule has 0 spiro atoms. The van der Waals surface area contributed by atoms with Crippen molar-refractivity contribution in [1.82, 2.24) is 14.5 Å². The van der Waals surface area contributed by atoms with Gasteiger partial charge in [-0.15, -0.1) is 0 Å². The molecule has 0 bridgehead atoms. The molecule has 182 valence electrons. The SMILES string of the molecule is Cc1ncc(COc2cc(F)cc(Oc3ccc(-n4cc(C5CC(O)C5)c(N)c4C#N)cc3)c2)cn1. The van der Waals surface area contributed by atoms with Gasteiger partial charge in [-0.05, 0) is 55.5 Å². The molecule has 0 aliphatic heterocycles. The van der Waals surface area contributed by atoms with Crippen molar-refractivity contribution < 1.29 is 19.0 Å². The van der Waals surface area contributed by atoms with Gasteiger partial charge in [0.25, 0.3) is 0 Å². The molecule has 9 heteroatoms. The van der Waals surface area contributed by atoms with Crippen LogP contribution in [0.3, 0.4) is 0 Å². The number of benzene rings is 2. The summed E-state index contributed by atoms with van der Waals surface area (Å²) in [5.41, 5.74) is 9.41. The molecule has 1 aliphatic carbocycles. The van der Waals surface area contributed by atoms with E-state index in [0.29, 0.717) is 41.5 Å². The zero-order chi connectivity index (χ0) is 25.2. The number of ether oxygens (including phenoxy) is 2. The summed E-state index contributed by atoms with van der Waals surface area (Å²) in [6.45, 7) is 1.99. The van der Waals surface area contributed by atoms with Gasteiger partial charge < -0.3 is 24.9 Å². The highest BCUT2D eigenvalue weighted by Crippen LogP contribution is 2.41. The summed E-state index contributed by atoms with van der Waals surface area (Å²) in [7, 11) is 0. The molecule has 36 heavy (non-hydrogen) atoms. The molecule has 1 aliphatic rings. The van der Waals surface area contributed by atoms with Crippen molar-refractivity contribution in [3.8, 4) is 29.0 Å². The summed E-state index contributed by atoms with van der Waals surface area (Å²) in [6.07, 6.45) is 6.15. The lowest BCUT2D eigenvalue weighted by Gasteiger charge is -2.31. The highest BCUT2D eigenvalue weighted by Gasteiger charge is 2.32. The molecule has 3 N–H and O–H groups in total. The van der Waals surface area contributed by atoms with Gasteiger partial charge in [-0.3, -0.25) is 0 Å². The van der Waals surface area contributed by atoms with E-state index in [1.54, 1.807) is 54.2 Å². The zero-order valence-corrected chi connectivity index (χ0v) is 19.6. The van der Waals surface area contributed by atoms with E-state index in [4.69, 9.17) is 15.2 Å². The normalized spacial score (nSPS) is 16.7. The van der Waals surface area contributed by atoms with Crippen LogP contribution in [0.1, 0.15) is 41.4 Å². The van der Waals surface area contributed by atoms with E-state index in [1.807, 2.05) is 6.20 Å². The lowest BCUT2D eigenvalue weighted by atomic mass is 9.78. The number of rotatable bonds is 7. The lowest BCUT2D eigenvalue weighted by molar-refractivity contribution is 0.0749. The first-order valence-corrected chi connectivity index (χ1v) is 11.5. The van der Waals surface area contributed by atoms with Crippen molar-refractivity contribution in [2.75, 3.05) is 5.73 Å². The minimum Gasteiger partial charge on any atom is -0.489 e. The predicted octanol–water partition coefficient (Wildman–Crippen LogP) is 4.78. The molecule has 4 aromatic rings. The van der Waals surface area contributed by atoms with Crippen LogP contribution in [-0.4, -0.2) is 25.7 Å². The minimum atomic E-state index is -0.491. The summed E-state index contributed by atoms with van der Waals surface area (Å²) in [6, 6.07) is 13.4.